The zero-order valence-corrected chi connectivity index (χ0v) is 22.7. The largest absolute Gasteiger partial charge is 0.350 e. The summed E-state index contributed by atoms with van der Waals surface area (Å²) in [6.07, 6.45) is 8.53. The van der Waals surface area contributed by atoms with Crippen LogP contribution >= 0.6 is 0 Å². The Bertz CT molecular complexity index is 1910. The smallest absolute Gasteiger partial charge is 0.193 e. The van der Waals surface area contributed by atoms with Crippen molar-refractivity contribution in [1.82, 2.24) is 9.13 Å². The average molecular weight is 511 g/mol. The van der Waals surface area contributed by atoms with Gasteiger partial charge in [-0.15, -0.1) is 0 Å². The molecule has 2 aromatic heterocycles. The second kappa shape index (κ2) is 9.21. The highest BCUT2D eigenvalue weighted by atomic mass is 32.2. The van der Waals surface area contributed by atoms with Gasteiger partial charge in [-0.2, -0.15) is 0 Å². The number of benzene rings is 4. The lowest BCUT2D eigenvalue weighted by atomic mass is 9.95. The Labute approximate surface area is 218 Å². The summed E-state index contributed by atoms with van der Waals surface area (Å²) in [7, 11) is 0.645. The molecule has 5 heteroatoms. The molecule has 0 aliphatic heterocycles. The molecule has 0 atom stereocenters. The topological polar surface area (TPSA) is 44.0 Å². The number of rotatable bonds is 8. The third kappa shape index (κ3) is 3.91. The Morgan fingerprint density at radius 3 is 1.86 bits per heavy atom. The molecule has 0 unspecified atom stereocenters. The number of nitrogens with zero attached hydrogens (tertiary/aromatic N) is 2. The molecular formula is C32H34N2O2S. The number of hydrogen-bond acceptors (Lipinski definition) is 2. The summed E-state index contributed by atoms with van der Waals surface area (Å²) in [5.41, 5.74) is 2.23. The van der Waals surface area contributed by atoms with Gasteiger partial charge in [0.05, 0.1) is 16.8 Å². The van der Waals surface area contributed by atoms with Gasteiger partial charge in [0.25, 0.3) is 0 Å². The van der Waals surface area contributed by atoms with Gasteiger partial charge in [0, 0.05) is 41.8 Å². The van der Waals surface area contributed by atoms with Crippen molar-refractivity contribution in [2.24, 2.45) is 14.1 Å². The quantitative estimate of drug-likeness (QED) is 0.153. The van der Waals surface area contributed by atoms with Crippen molar-refractivity contribution in [2.45, 2.75) is 50.5 Å². The lowest BCUT2D eigenvalue weighted by Crippen LogP contribution is -2.11. The lowest BCUT2D eigenvalue weighted by molar-refractivity contribution is 0.576. The molecule has 4 aromatic carbocycles. The molecule has 0 saturated heterocycles. The highest BCUT2D eigenvalue weighted by Gasteiger charge is 2.21. The van der Waals surface area contributed by atoms with Crippen molar-refractivity contribution in [2.75, 3.05) is 5.75 Å². The highest BCUT2D eigenvalue weighted by Crippen LogP contribution is 2.38. The van der Waals surface area contributed by atoms with Crippen LogP contribution in [0.5, 0.6) is 0 Å². The van der Waals surface area contributed by atoms with E-state index in [0.717, 1.165) is 40.9 Å². The van der Waals surface area contributed by atoms with Crippen LogP contribution in [0.1, 0.15) is 45.4 Å². The van der Waals surface area contributed by atoms with E-state index in [1.165, 1.54) is 51.7 Å². The van der Waals surface area contributed by atoms with E-state index in [2.05, 4.69) is 79.3 Å². The first kappa shape index (κ1) is 24.1. The number of aryl methyl sites for hydroxylation is 2. The molecule has 190 valence electrons. The summed E-state index contributed by atoms with van der Waals surface area (Å²) in [6, 6.07) is 21.5. The number of unbranched alkanes of at least 4 members (excludes halogenated alkanes) is 5. The molecule has 37 heavy (non-hydrogen) atoms. The standard InChI is InChI=1S/C32H34N2O2S/c1-4-5-6-7-8-9-20-37(35,36)30-21-23-11-13-27-25-14-16-28-26(12-10-22-18-19-33(2)31(22)28)24(25)15-17-29(27)32(23)34(30)3/h10-19,21H,4-9,20H2,1-3H3. The monoisotopic (exact) mass is 510 g/mol. The fraction of sp³-hybridized carbons (Fsp3) is 0.312. The van der Waals surface area contributed by atoms with Crippen molar-refractivity contribution in [3.05, 3.63) is 66.9 Å². The molecule has 0 bridgehead atoms. The van der Waals surface area contributed by atoms with Gasteiger partial charge >= 0.3 is 0 Å². The maximum Gasteiger partial charge on any atom is 0.193 e. The lowest BCUT2D eigenvalue weighted by Gasteiger charge is -2.11. The van der Waals surface area contributed by atoms with Crippen LogP contribution in [0.4, 0.5) is 0 Å². The van der Waals surface area contributed by atoms with Gasteiger partial charge in [-0.25, -0.2) is 8.42 Å². The fourth-order valence-corrected chi connectivity index (χ4v) is 7.75. The number of sulfone groups is 1. The van der Waals surface area contributed by atoms with Crippen LogP contribution in [0.3, 0.4) is 0 Å². The number of hydrogen-bond donors (Lipinski definition) is 0. The minimum atomic E-state index is -3.34. The van der Waals surface area contributed by atoms with Crippen molar-refractivity contribution in [3.8, 4) is 0 Å². The zero-order valence-electron chi connectivity index (χ0n) is 21.9. The van der Waals surface area contributed by atoms with Crippen molar-refractivity contribution >= 4 is 64.0 Å². The third-order valence-electron chi connectivity index (χ3n) is 8.06. The van der Waals surface area contributed by atoms with E-state index < -0.39 is 9.84 Å². The average Bonchev–Trinajstić information content (AvgIpc) is 3.45. The van der Waals surface area contributed by atoms with Gasteiger partial charge in [-0.05, 0) is 40.1 Å². The third-order valence-corrected chi connectivity index (χ3v) is 9.92. The maximum absolute atomic E-state index is 13.3. The first-order valence-electron chi connectivity index (χ1n) is 13.4. The van der Waals surface area contributed by atoms with Gasteiger partial charge in [-0.1, -0.05) is 87.6 Å². The normalized spacial score (nSPS) is 12.6. The Hall–Kier alpha value is -3.31. The van der Waals surface area contributed by atoms with Crippen LogP contribution in [0.15, 0.2) is 71.9 Å². The molecule has 0 radical (unpaired) electrons. The van der Waals surface area contributed by atoms with Crippen LogP contribution in [0.25, 0.3) is 54.1 Å². The molecular weight excluding hydrogens is 476 g/mol. The summed E-state index contributed by atoms with van der Waals surface area (Å²) in [6.45, 7) is 2.20. The molecule has 6 rings (SSSR count). The molecule has 0 aliphatic rings. The Kier molecular flexibility index (Phi) is 5.99. The molecule has 0 fully saturated rings. The van der Waals surface area contributed by atoms with Crippen LogP contribution in [0, 0.1) is 0 Å². The van der Waals surface area contributed by atoms with E-state index in [4.69, 9.17) is 0 Å². The van der Waals surface area contributed by atoms with E-state index in [1.807, 2.05) is 17.7 Å². The summed E-state index contributed by atoms with van der Waals surface area (Å²) in [5, 5.41) is 9.79. The molecule has 4 nitrogen and oxygen atoms in total. The number of aromatic nitrogens is 2. The van der Waals surface area contributed by atoms with Crippen LogP contribution in [-0.2, 0) is 23.9 Å². The Morgan fingerprint density at radius 2 is 1.16 bits per heavy atom. The van der Waals surface area contributed by atoms with Gasteiger partial charge in [0.2, 0.25) is 0 Å². The summed E-state index contributed by atoms with van der Waals surface area (Å²) in [4.78, 5) is 0. The van der Waals surface area contributed by atoms with Gasteiger partial charge in [-0.3, -0.25) is 0 Å². The van der Waals surface area contributed by atoms with Gasteiger partial charge in [0.1, 0.15) is 5.03 Å². The summed E-state index contributed by atoms with van der Waals surface area (Å²) in [5.74, 6) is 0.212. The van der Waals surface area contributed by atoms with Crippen molar-refractivity contribution in [1.29, 1.82) is 0 Å². The molecule has 0 N–H and O–H groups in total. The van der Waals surface area contributed by atoms with E-state index >= 15 is 0 Å². The minimum Gasteiger partial charge on any atom is -0.350 e. The Morgan fingerprint density at radius 1 is 0.622 bits per heavy atom. The van der Waals surface area contributed by atoms with E-state index in [1.54, 1.807) is 0 Å². The second-order valence-electron chi connectivity index (χ2n) is 10.5. The second-order valence-corrected chi connectivity index (χ2v) is 12.5. The minimum absolute atomic E-state index is 0.212. The SMILES string of the molecule is CCCCCCCCS(=O)(=O)c1cc2ccc3c4ccc5c(ccc6ccn(C)c65)c4ccc3c2n1C. The van der Waals surface area contributed by atoms with Gasteiger partial charge in [0.15, 0.2) is 9.84 Å². The predicted octanol–water partition coefficient (Wildman–Crippen LogP) is 8.26. The van der Waals surface area contributed by atoms with Crippen LogP contribution < -0.4 is 0 Å². The molecule has 0 spiro atoms. The van der Waals surface area contributed by atoms with Gasteiger partial charge < -0.3 is 9.13 Å². The highest BCUT2D eigenvalue weighted by molar-refractivity contribution is 7.91. The zero-order chi connectivity index (χ0) is 25.7. The summed E-state index contributed by atoms with van der Waals surface area (Å²) >= 11 is 0. The van der Waals surface area contributed by atoms with Crippen molar-refractivity contribution in [3.63, 3.8) is 0 Å². The first-order chi connectivity index (χ1) is 17.9. The van der Waals surface area contributed by atoms with Crippen LogP contribution in [0.2, 0.25) is 0 Å². The van der Waals surface area contributed by atoms with Crippen LogP contribution in [-0.4, -0.2) is 23.3 Å². The Balaban J connectivity index is 1.45. The molecule has 2 heterocycles. The first-order valence-corrected chi connectivity index (χ1v) is 15.1. The maximum atomic E-state index is 13.3. The van der Waals surface area contributed by atoms with E-state index in [9.17, 15) is 8.42 Å². The predicted molar refractivity (Wildman–Crippen MR) is 157 cm³/mol. The van der Waals surface area contributed by atoms with E-state index in [-0.39, 0.29) is 5.75 Å². The molecule has 6 aromatic rings. The van der Waals surface area contributed by atoms with Crippen molar-refractivity contribution < 1.29 is 8.42 Å². The molecule has 0 saturated carbocycles. The fourth-order valence-electron chi connectivity index (χ4n) is 6.14. The van der Waals surface area contributed by atoms with E-state index in [0.29, 0.717) is 5.03 Å². The molecule has 0 amide bonds. The number of fused-ring (bicyclic) bond motifs is 9. The molecule has 0 aliphatic carbocycles. The summed E-state index contributed by atoms with van der Waals surface area (Å²) < 4.78 is 30.7.